The van der Waals surface area contributed by atoms with Crippen molar-refractivity contribution in [3.05, 3.63) is 45.2 Å². The molecule has 9 heteroatoms. The Bertz CT molecular complexity index is 979. The molecule has 0 N–H and O–H groups in total. The number of carbonyl (C=O) groups excluding carboxylic acids is 1. The van der Waals surface area contributed by atoms with Crippen LogP contribution in [0.5, 0.6) is 0 Å². The molecular weight excluding hydrogens is 372 g/mol. The normalized spacial score (nSPS) is 17.8. The first kappa shape index (κ1) is 18.0. The van der Waals surface area contributed by atoms with Gasteiger partial charge in [0.05, 0.1) is 10.6 Å². The molecule has 3 aromatic heterocycles. The van der Waals surface area contributed by atoms with Gasteiger partial charge in [-0.05, 0) is 44.4 Å². The second kappa shape index (κ2) is 6.95. The average molecular weight is 391 g/mol. The first-order chi connectivity index (χ1) is 12.9. The zero-order valence-electron chi connectivity index (χ0n) is 15.0. The van der Waals surface area contributed by atoms with E-state index in [1.807, 2.05) is 19.9 Å². The van der Waals surface area contributed by atoms with E-state index in [9.17, 15) is 13.6 Å². The van der Waals surface area contributed by atoms with Crippen molar-refractivity contribution in [1.82, 2.24) is 24.5 Å². The molecule has 0 bridgehead atoms. The van der Waals surface area contributed by atoms with Gasteiger partial charge in [0.15, 0.2) is 0 Å². The summed E-state index contributed by atoms with van der Waals surface area (Å²) in [7, 11) is 0. The molecule has 1 aliphatic rings. The van der Waals surface area contributed by atoms with Crippen LogP contribution in [0.3, 0.4) is 0 Å². The number of halogens is 2. The summed E-state index contributed by atoms with van der Waals surface area (Å²) in [5.74, 6) is 0.0679. The van der Waals surface area contributed by atoms with Crippen LogP contribution in [0, 0.1) is 13.8 Å². The molecule has 142 valence electrons. The molecule has 0 spiro atoms. The van der Waals surface area contributed by atoms with Gasteiger partial charge in [0.2, 0.25) is 0 Å². The van der Waals surface area contributed by atoms with Gasteiger partial charge in [-0.2, -0.15) is 14.6 Å². The van der Waals surface area contributed by atoms with Gasteiger partial charge >= 0.3 is 0 Å². The van der Waals surface area contributed by atoms with Crippen LogP contribution in [0.1, 0.15) is 56.7 Å². The summed E-state index contributed by atoms with van der Waals surface area (Å²) in [5.41, 5.74) is 1.43. The zero-order chi connectivity index (χ0) is 19.1. The van der Waals surface area contributed by atoms with Crippen LogP contribution in [0.4, 0.5) is 8.78 Å². The second-order valence-corrected chi connectivity index (χ2v) is 8.07. The molecule has 3 aromatic rings. The Morgan fingerprint density at radius 3 is 2.85 bits per heavy atom. The lowest BCUT2D eigenvalue weighted by atomic mass is 9.94. The Hall–Kier alpha value is -2.42. The number of aryl methyl sites for hydroxylation is 2. The molecule has 1 atom stereocenters. The maximum absolute atomic E-state index is 13.4. The lowest BCUT2D eigenvalue weighted by Crippen LogP contribution is -2.39. The number of likely N-dealkylation sites (tertiary alicyclic amines) is 1. The number of alkyl halides is 2. The molecule has 1 amide bonds. The van der Waals surface area contributed by atoms with E-state index in [0.717, 1.165) is 32.7 Å². The summed E-state index contributed by atoms with van der Waals surface area (Å²) in [5, 5.41) is 3.82. The van der Waals surface area contributed by atoms with E-state index in [1.54, 1.807) is 4.90 Å². The molecule has 1 fully saturated rings. The number of piperidine rings is 1. The van der Waals surface area contributed by atoms with Crippen LogP contribution < -0.4 is 0 Å². The summed E-state index contributed by atoms with van der Waals surface area (Å²) in [4.78, 5) is 24.9. The van der Waals surface area contributed by atoms with Crippen molar-refractivity contribution in [2.75, 3.05) is 13.1 Å². The van der Waals surface area contributed by atoms with Gasteiger partial charge in [-0.25, -0.2) is 13.8 Å². The molecule has 0 radical (unpaired) electrons. The standard InChI is InChI=1S/C18H19F2N5OS/c1-10-6-15(27-11(10)2)17(26)24-5-3-4-12(8-24)13-7-14(16(19)20)25-18(23-13)21-9-22-25/h6-7,9,12,16H,3-5,8H2,1-2H3. The number of hydrogen-bond acceptors (Lipinski definition) is 5. The SMILES string of the molecule is Cc1cc(C(=O)N2CCCC(c3cc(C(F)F)n4ncnc4n3)C2)sc1C. The molecule has 4 rings (SSSR count). The maximum Gasteiger partial charge on any atom is 0.280 e. The number of fused-ring (bicyclic) bond motifs is 1. The van der Waals surface area contributed by atoms with Gasteiger partial charge in [-0.15, -0.1) is 11.3 Å². The monoisotopic (exact) mass is 391 g/mol. The van der Waals surface area contributed by atoms with Crippen molar-refractivity contribution in [3.8, 4) is 0 Å². The fourth-order valence-corrected chi connectivity index (χ4v) is 4.46. The van der Waals surface area contributed by atoms with E-state index >= 15 is 0 Å². The van der Waals surface area contributed by atoms with Crippen molar-refractivity contribution in [2.45, 2.75) is 39.0 Å². The van der Waals surface area contributed by atoms with Gasteiger partial charge in [0.25, 0.3) is 18.1 Å². The number of hydrogen-bond donors (Lipinski definition) is 0. The highest BCUT2D eigenvalue weighted by Crippen LogP contribution is 2.31. The van der Waals surface area contributed by atoms with E-state index in [1.165, 1.54) is 23.7 Å². The van der Waals surface area contributed by atoms with Crippen molar-refractivity contribution >= 4 is 23.0 Å². The third-order valence-electron chi connectivity index (χ3n) is 5.03. The highest BCUT2D eigenvalue weighted by atomic mass is 32.1. The third-order valence-corrected chi connectivity index (χ3v) is 6.17. The minimum Gasteiger partial charge on any atom is -0.337 e. The summed E-state index contributed by atoms with van der Waals surface area (Å²) in [6, 6.07) is 3.31. The minimum absolute atomic E-state index is 0.00135. The van der Waals surface area contributed by atoms with Crippen LogP contribution in [-0.4, -0.2) is 43.5 Å². The Kier molecular flexibility index (Phi) is 4.63. The van der Waals surface area contributed by atoms with Crippen LogP contribution in [0.25, 0.3) is 5.78 Å². The number of amides is 1. The predicted octanol–water partition coefficient (Wildman–Crippen LogP) is 3.76. The molecule has 0 aliphatic carbocycles. The molecular formula is C18H19F2N5OS. The Labute approximate surface area is 158 Å². The number of rotatable bonds is 3. The fraction of sp³-hybridized carbons (Fsp3) is 0.444. The lowest BCUT2D eigenvalue weighted by molar-refractivity contribution is 0.0710. The Morgan fingerprint density at radius 1 is 1.33 bits per heavy atom. The van der Waals surface area contributed by atoms with Gasteiger partial charge in [0, 0.05) is 23.9 Å². The zero-order valence-corrected chi connectivity index (χ0v) is 15.8. The molecule has 0 saturated carbocycles. The molecule has 6 nitrogen and oxygen atoms in total. The van der Waals surface area contributed by atoms with Crippen LogP contribution in [0.15, 0.2) is 18.5 Å². The largest absolute Gasteiger partial charge is 0.337 e. The summed E-state index contributed by atoms with van der Waals surface area (Å²) in [6.07, 6.45) is 0.153. The fourth-order valence-electron chi connectivity index (χ4n) is 3.46. The van der Waals surface area contributed by atoms with E-state index < -0.39 is 6.43 Å². The topological polar surface area (TPSA) is 63.4 Å². The molecule has 1 unspecified atom stereocenters. The molecule has 1 saturated heterocycles. The van der Waals surface area contributed by atoms with Gasteiger partial charge < -0.3 is 4.90 Å². The first-order valence-corrected chi connectivity index (χ1v) is 9.60. The average Bonchev–Trinajstić information content (AvgIpc) is 3.26. The van der Waals surface area contributed by atoms with Crippen LogP contribution >= 0.6 is 11.3 Å². The van der Waals surface area contributed by atoms with Crippen LogP contribution in [0.2, 0.25) is 0 Å². The van der Waals surface area contributed by atoms with E-state index in [2.05, 4.69) is 15.1 Å². The van der Waals surface area contributed by atoms with Crippen molar-refractivity contribution in [3.63, 3.8) is 0 Å². The smallest absolute Gasteiger partial charge is 0.280 e. The Balaban J connectivity index is 1.61. The van der Waals surface area contributed by atoms with Gasteiger partial charge in [0.1, 0.15) is 12.0 Å². The highest BCUT2D eigenvalue weighted by Gasteiger charge is 2.29. The predicted molar refractivity (Wildman–Crippen MR) is 97.4 cm³/mol. The third kappa shape index (κ3) is 3.31. The van der Waals surface area contributed by atoms with Crippen molar-refractivity contribution in [1.29, 1.82) is 0 Å². The summed E-state index contributed by atoms with van der Waals surface area (Å²) >= 11 is 1.49. The van der Waals surface area contributed by atoms with Gasteiger partial charge in [-0.1, -0.05) is 0 Å². The molecule has 4 heterocycles. The molecule has 0 aromatic carbocycles. The maximum atomic E-state index is 13.4. The van der Waals surface area contributed by atoms with Gasteiger partial charge in [-0.3, -0.25) is 4.79 Å². The van der Waals surface area contributed by atoms with E-state index in [0.29, 0.717) is 18.8 Å². The summed E-state index contributed by atoms with van der Waals surface area (Å²) in [6.45, 7) is 5.12. The Morgan fingerprint density at radius 2 is 2.15 bits per heavy atom. The van der Waals surface area contributed by atoms with Crippen molar-refractivity contribution < 1.29 is 13.6 Å². The number of nitrogens with zero attached hydrogens (tertiary/aromatic N) is 5. The van der Waals surface area contributed by atoms with Crippen molar-refractivity contribution in [2.24, 2.45) is 0 Å². The second-order valence-electron chi connectivity index (χ2n) is 6.82. The quantitative estimate of drug-likeness (QED) is 0.682. The number of aromatic nitrogens is 4. The molecule has 27 heavy (non-hydrogen) atoms. The van der Waals surface area contributed by atoms with E-state index in [-0.39, 0.29) is 23.3 Å². The molecule has 1 aliphatic heterocycles. The highest BCUT2D eigenvalue weighted by molar-refractivity contribution is 7.14. The number of carbonyl (C=O) groups is 1. The minimum atomic E-state index is -2.67. The van der Waals surface area contributed by atoms with Crippen LogP contribution in [-0.2, 0) is 0 Å². The lowest BCUT2D eigenvalue weighted by Gasteiger charge is -2.32. The number of thiophene rings is 1. The van der Waals surface area contributed by atoms with E-state index in [4.69, 9.17) is 0 Å². The summed E-state index contributed by atoms with van der Waals surface area (Å²) < 4.78 is 27.9. The first-order valence-electron chi connectivity index (χ1n) is 8.79.